The molecule has 10 heteroatoms. The molecule has 148 valence electrons. The van der Waals surface area contributed by atoms with Crippen LogP contribution in [-0.4, -0.2) is 45.7 Å². The molecule has 0 spiro atoms. The molecule has 0 amide bonds. The van der Waals surface area contributed by atoms with Gasteiger partial charge < -0.3 is 26.5 Å². The molecule has 1 atom stereocenters. The van der Waals surface area contributed by atoms with E-state index >= 15 is 0 Å². The normalized spacial score (nSPS) is 12.1. The van der Waals surface area contributed by atoms with E-state index in [-0.39, 0.29) is 11.6 Å². The van der Waals surface area contributed by atoms with E-state index in [2.05, 4.69) is 25.9 Å². The molecule has 0 fully saturated rings. The topological polar surface area (TPSA) is 157 Å². The van der Waals surface area contributed by atoms with Gasteiger partial charge in [0.1, 0.15) is 17.7 Å². The Labute approximate surface area is 161 Å². The van der Waals surface area contributed by atoms with E-state index in [1.54, 1.807) is 37.5 Å². The van der Waals surface area contributed by atoms with E-state index in [1.807, 2.05) is 6.07 Å². The van der Waals surface area contributed by atoms with Crippen LogP contribution in [0.15, 0.2) is 41.3 Å². The highest BCUT2D eigenvalue weighted by Crippen LogP contribution is 2.17. The van der Waals surface area contributed by atoms with Crippen molar-refractivity contribution < 1.29 is 5.11 Å². The Morgan fingerprint density at radius 3 is 2.79 bits per heavy atom. The molecular formula is C18H24N8O2. The first kappa shape index (κ1) is 19.4. The SMILES string of the molecule is CNc1cc2cn(-c3ccc([C@H](O)NCCCNC(=N)N)cc3)c(=O)nc2[nH]1. The Kier molecular flexibility index (Phi) is 5.92. The molecule has 1 aromatic carbocycles. The van der Waals surface area contributed by atoms with Crippen LogP contribution < -0.4 is 27.4 Å². The second-order valence-electron chi connectivity index (χ2n) is 6.27. The summed E-state index contributed by atoms with van der Waals surface area (Å²) in [5, 5.41) is 26.8. The van der Waals surface area contributed by atoms with E-state index in [1.165, 1.54) is 4.57 Å². The molecule has 0 unspecified atom stereocenters. The molecule has 3 rings (SSSR count). The van der Waals surface area contributed by atoms with E-state index in [4.69, 9.17) is 11.1 Å². The first-order chi connectivity index (χ1) is 13.5. The number of benzene rings is 1. The summed E-state index contributed by atoms with van der Waals surface area (Å²) in [7, 11) is 1.79. The van der Waals surface area contributed by atoms with Crippen LogP contribution in [0.25, 0.3) is 16.7 Å². The summed E-state index contributed by atoms with van der Waals surface area (Å²) in [6, 6.07) is 8.92. The van der Waals surface area contributed by atoms with Crippen molar-refractivity contribution in [3.8, 4) is 5.69 Å². The number of anilines is 1. The third kappa shape index (κ3) is 4.48. The number of nitrogens with one attached hydrogen (secondary N) is 5. The number of H-pyrrole nitrogens is 1. The van der Waals surface area contributed by atoms with Crippen molar-refractivity contribution in [1.29, 1.82) is 5.41 Å². The molecule has 0 aliphatic carbocycles. The number of aromatic nitrogens is 3. The molecule has 8 N–H and O–H groups in total. The monoisotopic (exact) mass is 384 g/mol. The van der Waals surface area contributed by atoms with Crippen LogP contribution >= 0.6 is 0 Å². The number of hydrogen-bond acceptors (Lipinski definition) is 6. The summed E-state index contributed by atoms with van der Waals surface area (Å²) in [5.74, 6) is 0.712. The number of aliphatic hydroxyl groups excluding tert-OH is 1. The minimum atomic E-state index is -0.827. The summed E-state index contributed by atoms with van der Waals surface area (Å²) < 4.78 is 1.46. The smallest absolute Gasteiger partial charge is 0.354 e. The van der Waals surface area contributed by atoms with Crippen LogP contribution in [0.4, 0.5) is 5.82 Å². The largest absolute Gasteiger partial charge is 0.375 e. The molecule has 2 heterocycles. The van der Waals surface area contributed by atoms with Gasteiger partial charge in [-0.2, -0.15) is 4.98 Å². The molecular weight excluding hydrogens is 360 g/mol. The third-order valence-electron chi connectivity index (χ3n) is 4.27. The van der Waals surface area contributed by atoms with Gasteiger partial charge in [-0.3, -0.25) is 15.3 Å². The predicted octanol–water partition coefficient (Wildman–Crippen LogP) is 0.209. The molecule has 0 bridgehead atoms. The maximum absolute atomic E-state index is 12.3. The van der Waals surface area contributed by atoms with Crippen LogP contribution in [0.3, 0.4) is 0 Å². The lowest BCUT2D eigenvalue weighted by Crippen LogP contribution is -2.33. The van der Waals surface area contributed by atoms with Gasteiger partial charge in [0.2, 0.25) is 0 Å². The number of aliphatic hydroxyl groups is 1. The number of fused-ring (bicyclic) bond motifs is 1. The number of hydrogen-bond donors (Lipinski definition) is 7. The van der Waals surface area contributed by atoms with Gasteiger partial charge >= 0.3 is 5.69 Å². The summed E-state index contributed by atoms with van der Waals surface area (Å²) in [6.07, 6.45) is 1.61. The van der Waals surface area contributed by atoms with Gasteiger partial charge in [0, 0.05) is 25.2 Å². The van der Waals surface area contributed by atoms with Gasteiger partial charge in [0.05, 0.1) is 5.69 Å². The van der Waals surface area contributed by atoms with Crippen molar-refractivity contribution in [2.24, 2.45) is 5.73 Å². The van der Waals surface area contributed by atoms with Gasteiger partial charge in [-0.1, -0.05) is 12.1 Å². The minimum absolute atomic E-state index is 0.0686. The Morgan fingerprint density at radius 1 is 1.36 bits per heavy atom. The fourth-order valence-corrected chi connectivity index (χ4v) is 2.80. The van der Waals surface area contributed by atoms with Gasteiger partial charge in [-0.25, -0.2) is 4.79 Å². The zero-order valence-electron chi connectivity index (χ0n) is 15.5. The molecule has 28 heavy (non-hydrogen) atoms. The first-order valence-electron chi connectivity index (χ1n) is 8.88. The van der Waals surface area contributed by atoms with Crippen LogP contribution in [-0.2, 0) is 0 Å². The van der Waals surface area contributed by atoms with E-state index in [0.29, 0.717) is 36.4 Å². The van der Waals surface area contributed by atoms with E-state index in [9.17, 15) is 9.90 Å². The summed E-state index contributed by atoms with van der Waals surface area (Å²) in [4.78, 5) is 19.4. The van der Waals surface area contributed by atoms with Gasteiger partial charge in [0.15, 0.2) is 5.96 Å². The highest BCUT2D eigenvalue weighted by Gasteiger charge is 2.09. The Morgan fingerprint density at radius 2 is 2.11 bits per heavy atom. The van der Waals surface area contributed by atoms with Crippen molar-refractivity contribution >= 4 is 22.8 Å². The molecule has 0 saturated heterocycles. The molecule has 0 saturated carbocycles. The van der Waals surface area contributed by atoms with Crippen molar-refractivity contribution in [2.45, 2.75) is 12.6 Å². The second kappa shape index (κ2) is 8.55. The zero-order valence-corrected chi connectivity index (χ0v) is 15.5. The number of nitrogens with zero attached hydrogens (tertiary/aromatic N) is 2. The summed E-state index contributed by atoms with van der Waals surface area (Å²) in [5.41, 5.74) is 6.69. The molecule has 0 aliphatic rings. The minimum Gasteiger partial charge on any atom is -0.375 e. The average molecular weight is 384 g/mol. The maximum Gasteiger partial charge on any atom is 0.354 e. The molecule has 2 aromatic heterocycles. The molecule has 10 nitrogen and oxygen atoms in total. The highest BCUT2D eigenvalue weighted by molar-refractivity contribution is 5.79. The van der Waals surface area contributed by atoms with Gasteiger partial charge in [-0.05, 0) is 36.7 Å². The lowest BCUT2D eigenvalue weighted by atomic mass is 10.1. The van der Waals surface area contributed by atoms with Crippen molar-refractivity contribution in [3.63, 3.8) is 0 Å². The number of aromatic amines is 1. The quantitative estimate of drug-likeness (QED) is 0.127. The number of rotatable bonds is 8. The number of nitrogens with two attached hydrogens (primary N) is 1. The summed E-state index contributed by atoms with van der Waals surface area (Å²) in [6.45, 7) is 1.12. The summed E-state index contributed by atoms with van der Waals surface area (Å²) >= 11 is 0. The van der Waals surface area contributed by atoms with E-state index in [0.717, 1.165) is 11.2 Å². The standard InChI is InChI=1S/C18H24N8O2/c1-21-14-9-12-10-26(18(28)25-15(12)24-14)13-5-3-11(4-6-13)16(27)22-7-2-8-23-17(19)20/h3-6,9-10,16,21-22,27H,2,7-8H2,1H3,(H4,19,20,23)(H,24,25,28)/t16-/m0/s1. The molecule has 0 radical (unpaired) electrons. The van der Waals surface area contributed by atoms with Crippen molar-refractivity contribution in [1.82, 2.24) is 25.2 Å². The Hall–Kier alpha value is -3.37. The fourth-order valence-electron chi connectivity index (χ4n) is 2.80. The highest BCUT2D eigenvalue weighted by atomic mass is 16.3. The van der Waals surface area contributed by atoms with E-state index < -0.39 is 6.23 Å². The average Bonchev–Trinajstić information content (AvgIpc) is 3.08. The van der Waals surface area contributed by atoms with Crippen LogP contribution in [0.5, 0.6) is 0 Å². The zero-order chi connectivity index (χ0) is 20.1. The fraction of sp³-hybridized carbons (Fsp3) is 0.278. The van der Waals surface area contributed by atoms with Gasteiger partial charge in [-0.15, -0.1) is 0 Å². The van der Waals surface area contributed by atoms with Gasteiger partial charge in [0.25, 0.3) is 0 Å². The lowest BCUT2D eigenvalue weighted by molar-refractivity contribution is 0.139. The lowest BCUT2D eigenvalue weighted by Gasteiger charge is -2.14. The third-order valence-corrected chi connectivity index (χ3v) is 4.27. The van der Waals surface area contributed by atoms with Crippen LogP contribution in [0, 0.1) is 5.41 Å². The predicted molar refractivity (Wildman–Crippen MR) is 109 cm³/mol. The van der Waals surface area contributed by atoms with Crippen LogP contribution in [0.1, 0.15) is 18.2 Å². The van der Waals surface area contributed by atoms with Crippen molar-refractivity contribution in [3.05, 3.63) is 52.6 Å². The number of guanidine groups is 1. The first-order valence-corrected chi connectivity index (χ1v) is 8.88. The maximum atomic E-state index is 12.3. The van der Waals surface area contributed by atoms with Crippen molar-refractivity contribution in [2.75, 3.05) is 25.5 Å². The second-order valence-corrected chi connectivity index (χ2v) is 6.27. The van der Waals surface area contributed by atoms with Crippen LogP contribution in [0.2, 0.25) is 0 Å². The Bertz CT molecular complexity index is 1010. The Balaban J connectivity index is 1.68. The molecule has 3 aromatic rings. The molecule has 0 aliphatic heterocycles.